The van der Waals surface area contributed by atoms with Gasteiger partial charge in [-0.3, -0.25) is 0 Å². The summed E-state index contributed by atoms with van der Waals surface area (Å²) in [4.78, 5) is 5.15. The Bertz CT molecular complexity index is 713. The summed E-state index contributed by atoms with van der Waals surface area (Å²) >= 11 is 4.74. The van der Waals surface area contributed by atoms with E-state index in [1.165, 1.54) is 30.6 Å². The lowest BCUT2D eigenvalue weighted by Gasteiger charge is -2.08. The van der Waals surface area contributed by atoms with Crippen molar-refractivity contribution in [3.05, 3.63) is 38.8 Å². The van der Waals surface area contributed by atoms with Crippen molar-refractivity contribution in [2.75, 3.05) is 7.11 Å². The van der Waals surface area contributed by atoms with Gasteiger partial charge in [0.15, 0.2) is 0 Å². The number of benzene rings is 1. The third kappa shape index (κ3) is 3.57. The molecule has 0 amide bonds. The Labute approximate surface area is 130 Å². The lowest BCUT2D eigenvalue weighted by atomic mass is 10.3. The van der Waals surface area contributed by atoms with Crippen molar-refractivity contribution < 1.29 is 13.2 Å². The molecule has 1 heterocycles. The van der Waals surface area contributed by atoms with Crippen LogP contribution < -0.4 is 9.46 Å². The van der Waals surface area contributed by atoms with Crippen molar-refractivity contribution in [2.45, 2.75) is 18.4 Å². The van der Waals surface area contributed by atoms with Crippen LogP contribution in [0, 0.1) is 6.92 Å². The van der Waals surface area contributed by atoms with E-state index in [0.717, 1.165) is 9.88 Å². The van der Waals surface area contributed by atoms with Crippen LogP contribution >= 0.6 is 27.3 Å². The van der Waals surface area contributed by atoms with E-state index in [4.69, 9.17) is 4.74 Å². The fourth-order valence-electron chi connectivity index (χ4n) is 1.55. The molecule has 0 aliphatic carbocycles. The predicted molar refractivity (Wildman–Crippen MR) is 81.6 cm³/mol. The second kappa shape index (κ2) is 6.21. The van der Waals surface area contributed by atoms with Gasteiger partial charge in [-0.1, -0.05) is 0 Å². The Morgan fingerprint density at radius 2 is 2.20 bits per heavy atom. The van der Waals surface area contributed by atoms with Crippen molar-refractivity contribution in [1.29, 1.82) is 0 Å². The molecule has 0 saturated heterocycles. The molecular formula is C12H13BrN2O3S2. The monoisotopic (exact) mass is 376 g/mol. The number of hydrogen-bond donors (Lipinski definition) is 1. The minimum Gasteiger partial charge on any atom is -0.496 e. The van der Waals surface area contributed by atoms with Crippen LogP contribution in [0.15, 0.2) is 33.8 Å². The highest BCUT2D eigenvalue weighted by Gasteiger charge is 2.16. The summed E-state index contributed by atoms with van der Waals surface area (Å²) in [6, 6.07) is 4.62. The third-order valence-electron chi connectivity index (χ3n) is 2.54. The lowest BCUT2D eigenvalue weighted by Crippen LogP contribution is -2.22. The number of nitrogens with one attached hydrogen (secondary N) is 1. The number of aryl methyl sites for hydroxylation is 1. The highest BCUT2D eigenvalue weighted by atomic mass is 79.9. The highest BCUT2D eigenvalue weighted by molar-refractivity contribution is 9.10. The molecule has 1 aromatic heterocycles. The van der Waals surface area contributed by atoms with Crippen LogP contribution in [0.25, 0.3) is 0 Å². The van der Waals surface area contributed by atoms with Gasteiger partial charge in [0.05, 0.1) is 21.5 Å². The van der Waals surface area contributed by atoms with E-state index in [2.05, 4.69) is 25.6 Å². The van der Waals surface area contributed by atoms with Crippen molar-refractivity contribution in [3.8, 4) is 5.75 Å². The first-order valence-electron chi connectivity index (χ1n) is 5.67. The van der Waals surface area contributed by atoms with Crippen LogP contribution in [0.4, 0.5) is 0 Å². The number of ether oxygens (including phenoxy) is 1. The molecule has 0 aliphatic rings. The molecule has 0 saturated carbocycles. The van der Waals surface area contributed by atoms with Crippen molar-refractivity contribution in [3.63, 3.8) is 0 Å². The van der Waals surface area contributed by atoms with E-state index in [9.17, 15) is 8.42 Å². The van der Waals surface area contributed by atoms with E-state index < -0.39 is 10.0 Å². The molecule has 0 bridgehead atoms. The predicted octanol–water partition coefficient (Wildman–Crippen LogP) is 2.70. The van der Waals surface area contributed by atoms with Crippen molar-refractivity contribution in [1.82, 2.24) is 9.71 Å². The second-order valence-corrected chi connectivity index (χ2v) is 7.91. The second-order valence-electron chi connectivity index (χ2n) is 3.97. The molecule has 1 N–H and O–H groups in total. The summed E-state index contributed by atoms with van der Waals surface area (Å²) in [7, 11) is -2.03. The van der Waals surface area contributed by atoms with Crippen LogP contribution in [0.2, 0.25) is 0 Å². The Hall–Kier alpha value is -0.960. The SMILES string of the molecule is COc1ccc(S(=O)(=O)NCc2cnc(C)s2)cc1Br. The van der Waals surface area contributed by atoms with Gasteiger partial charge >= 0.3 is 0 Å². The normalized spacial score (nSPS) is 11.6. The van der Waals surface area contributed by atoms with Gasteiger partial charge in [0.1, 0.15) is 5.75 Å². The summed E-state index contributed by atoms with van der Waals surface area (Å²) in [6.45, 7) is 2.11. The van der Waals surface area contributed by atoms with Crippen molar-refractivity contribution >= 4 is 37.3 Å². The summed E-state index contributed by atoms with van der Waals surface area (Å²) in [6.07, 6.45) is 1.67. The summed E-state index contributed by atoms with van der Waals surface area (Å²) in [5, 5.41) is 0.909. The topological polar surface area (TPSA) is 68.3 Å². The molecular weight excluding hydrogens is 364 g/mol. The minimum absolute atomic E-state index is 0.186. The highest BCUT2D eigenvalue weighted by Crippen LogP contribution is 2.27. The van der Waals surface area contributed by atoms with E-state index in [-0.39, 0.29) is 11.4 Å². The van der Waals surface area contributed by atoms with Gasteiger partial charge < -0.3 is 4.74 Å². The molecule has 0 radical (unpaired) electrons. The maximum atomic E-state index is 12.2. The van der Waals surface area contributed by atoms with Gasteiger partial charge in [0.25, 0.3) is 0 Å². The maximum absolute atomic E-state index is 12.2. The van der Waals surface area contributed by atoms with Gasteiger partial charge in [-0.2, -0.15) is 0 Å². The molecule has 8 heteroatoms. The number of methoxy groups -OCH3 is 1. The van der Waals surface area contributed by atoms with E-state index in [1.54, 1.807) is 12.3 Å². The molecule has 1 aromatic carbocycles. The number of thiazole rings is 1. The Morgan fingerprint density at radius 3 is 2.75 bits per heavy atom. The first-order chi connectivity index (χ1) is 9.42. The molecule has 2 rings (SSSR count). The zero-order valence-electron chi connectivity index (χ0n) is 10.9. The van der Waals surface area contributed by atoms with Crippen LogP contribution in [-0.2, 0) is 16.6 Å². The van der Waals surface area contributed by atoms with Crippen molar-refractivity contribution in [2.24, 2.45) is 0 Å². The van der Waals surface area contributed by atoms with Gasteiger partial charge in [0.2, 0.25) is 10.0 Å². The Balaban J connectivity index is 2.15. The van der Waals surface area contributed by atoms with Gasteiger partial charge in [-0.05, 0) is 41.1 Å². The number of aromatic nitrogens is 1. The van der Waals surface area contributed by atoms with Crippen LogP contribution in [0.1, 0.15) is 9.88 Å². The molecule has 0 spiro atoms. The quantitative estimate of drug-likeness (QED) is 0.870. The molecule has 0 unspecified atom stereocenters. The average Bonchev–Trinajstić information content (AvgIpc) is 2.82. The smallest absolute Gasteiger partial charge is 0.240 e. The van der Waals surface area contributed by atoms with E-state index in [1.807, 2.05) is 6.92 Å². The van der Waals surface area contributed by atoms with E-state index >= 15 is 0 Å². The minimum atomic E-state index is -3.55. The third-order valence-corrected chi connectivity index (χ3v) is 5.47. The zero-order chi connectivity index (χ0) is 14.8. The molecule has 5 nitrogen and oxygen atoms in total. The van der Waals surface area contributed by atoms with Crippen LogP contribution in [-0.4, -0.2) is 20.5 Å². The molecule has 0 aliphatic heterocycles. The van der Waals surface area contributed by atoms with E-state index in [0.29, 0.717) is 10.2 Å². The Kier molecular flexibility index (Phi) is 4.79. The first-order valence-corrected chi connectivity index (χ1v) is 8.76. The molecule has 0 fully saturated rings. The number of hydrogen-bond acceptors (Lipinski definition) is 5. The standard InChI is InChI=1S/C12H13BrN2O3S2/c1-8-14-6-9(19-8)7-15-20(16,17)10-3-4-12(18-2)11(13)5-10/h3-6,15H,7H2,1-2H3. The largest absolute Gasteiger partial charge is 0.496 e. The van der Waals surface area contributed by atoms with Gasteiger partial charge in [-0.15, -0.1) is 11.3 Å². The van der Waals surface area contributed by atoms with Crippen LogP contribution in [0.5, 0.6) is 5.75 Å². The zero-order valence-corrected chi connectivity index (χ0v) is 14.1. The summed E-state index contributed by atoms with van der Waals surface area (Å²) in [5.41, 5.74) is 0. The number of nitrogens with zero attached hydrogens (tertiary/aromatic N) is 1. The fraction of sp³-hybridized carbons (Fsp3) is 0.250. The molecule has 20 heavy (non-hydrogen) atoms. The molecule has 0 atom stereocenters. The van der Waals surface area contributed by atoms with Gasteiger partial charge in [0, 0.05) is 17.6 Å². The number of halogens is 1. The average molecular weight is 377 g/mol. The van der Waals surface area contributed by atoms with Gasteiger partial charge in [-0.25, -0.2) is 18.1 Å². The first kappa shape index (κ1) is 15.4. The Morgan fingerprint density at radius 1 is 1.45 bits per heavy atom. The summed E-state index contributed by atoms with van der Waals surface area (Å²) in [5.74, 6) is 0.585. The van der Waals surface area contributed by atoms with Crippen LogP contribution in [0.3, 0.4) is 0 Å². The fourth-order valence-corrected chi connectivity index (χ4v) is 4.10. The number of sulfonamides is 1. The number of rotatable bonds is 5. The molecule has 108 valence electrons. The molecule has 2 aromatic rings. The maximum Gasteiger partial charge on any atom is 0.240 e. The summed E-state index contributed by atoms with van der Waals surface area (Å²) < 4.78 is 32.6. The lowest BCUT2D eigenvalue weighted by molar-refractivity contribution is 0.411.